The van der Waals surface area contributed by atoms with E-state index in [4.69, 9.17) is 4.42 Å². The molecule has 0 bridgehead atoms. The molecule has 6 rings (SSSR count). The molecule has 27 heavy (non-hydrogen) atoms. The first-order chi connectivity index (χ1) is 13.3. The Hall–Kier alpha value is -3.52. The minimum atomic E-state index is 0.937. The minimum Gasteiger partial charge on any atom is -0.456 e. The molecule has 6 aromatic rings. The van der Waals surface area contributed by atoms with Gasteiger partial charge in [-0.3, -0.25) is 0 Å². The first-order valence-electron chi connectivity index (χ1n) is 9.22. The topological polar surface area (TPSA) is 18.1 Å². The van der Waals surface area contributed by atoms with Gasteiger partial charge in [-0.15, -0.1) is 0 Å². The van der Waals surface area contributed by atoms with Crippen LogP contribution in [0, 0.1) is 6.92 Å². The first kappa shape index (κ1) is 14.6. The van der Waals surface area contributed by atoms with Gasteiger partial charge >= 0.3 is 0 Å². The highest BCUT2D eigenvalue weighted by Crippen LogP contribution is 2.38. The number of fused-ring (bicyclic) bond motifs is 6. The van der Waals surface area contributed by atoms with Crippen LogP contribution in [0.5, 0.6) is 0 Å². The van der Waals surface area contributed by atoms with Crippen molar-refractivity contribution in [1.29, 1.82) is 0 Å². The van der Waals surface area contributed by atoms with Gasteiger partial charge in [0.05, 0.1) is 11.0 Å². The minimum absolute atomic E-state index is 0.937. The first-order valence-corrected chi connectivity index (χ1v) is 9.22. The second kappa shape index (κ2) is 5.24. The number of hydrogen-bond acceptors (Lipinski definition) is 1. The number of hydrogen-bond donors (Lipinski definition) is 0. The summed E-state index contributed by atoms with van der Waals surface area (Å²) in [7, 11) is 0. The van der Waals surface area contributed by atoms with Crippen molar-refractivity contribution in [2.45, 2.75) is 6.92 Å². The molecule has 4 aromatic carbocycles. The number of furan rings is 1. The largest absolute Gasteiger partial charge is 0.456 e. The lowest BCUT2D eigenvalue weighted by molar-refractivity contribution is 0.666. The van der Waals surface area contributed by atoms with E-state index < -0.39 is 0 Å². The zero-order chi connectivity index (χ0) is 18.0. The van der Waals surface area contributed by atoms with Gasteiger partial charge < -0.3 is 8.98 Å². The SMILES string of the molecule is Cc1cccc2c1oc1cc3c(cc12)c1ccccc1n3-c1ccccc1. The molecule has 0 fully saturated rings. The maximum Gasteiger partial charge on any atom is 0.138 e. The van der Waals surface area contributed by atoms with Gasteiger partial charge in [-0.2, -0.15) is 0 Å². The fourth-order valence-electron chi connectivity index (χ4n) is 4.26. The molecule has 0 atom stereocenters. The molecule has 2 heterocycles. The van der Waals surface area contributed by atoms with Crippen molar-refractivity contribution in [2.24, 2.45) is 0 Å². The van der Waals surface area contributed by atoms with Crippen LogP contribution in [0.3, 0.4) is 0 Å². The van der Waals surface area contributed by atoms with Gasteiger partial charge in [0.2, 0.25) is 0 Å². The fourth-order valence-corrected chi connectivity index (χ4v) is 4.26. The maximum absolute atomic E-state index is 6.26. The van der Waals surface area contributed by atoms with E-state index in [9.17, 15) is 0 Å². The molecule has 0 amide bonds. The van der Waals surface area contributed by atoms with Gasteiger partial charge in [0.1, 0.15) is 11.2 Å². The summed E-state index contributed by atoms with van der Waals surface area (Å²) in [5.41, 5.74) is 6.64. The molecule has 2 aromatic heterocycles. The standard InChI is InChI=1S/C25H17NO/c1-16-8-7-12-19-21-14-20-18-11-5-6-13-22(18)26(17-9-3-2-4-10-17)23(20)15-24(21)27-25(16)19/h2-15H,1H3. The highest BCUT2D eigenvalue weighted by molar-refractivity contribution is 6.17. The normalized spacial score (nSPS) is 11.9. The molecule has 2 nitrogen and oxygen atoms in total. The van der Waals surface area contributed by atoms with Crippen LogP contribution in [0.4, 0.5) is 0 Å². The van der Waals surface area contributed by atoms with Gasteiger partial charge in [-0.1, -0.05) is 54.6 Å². The van der Waals surface area contributed by atoms with Gasteiger partial charge in [0, 0.05) is 33.3 Å². The molecular formula is C25H17NO. The van der Waals surface area contributed by atoms with Crippen LogP contribution in [-0.2, 0) is 0 Å². The van der Waals surface area contributed by atoms with E-state index in [-0.39, 0.29) is 0 Å². The summed E-state index contributed by atoms with van der Waals surface area (Å²) < 4.78 is 8.59. The van der Waals surface area contributed by atoms with E-state index in [1.807, 2.05) is 0 Å². The fraction of sp³-hybridized carbons (Fsp3) is 0.0400. The van der Waals surface area contributed by atoms with Crippen molar-refractivity contribution >= 4 is 43.7 Å². The Kier molecular flexibility index (Phi) is 2.84. The van der Waals surface area contributed by atoms with Crippen LogP contribution in [0.2, 0.25) is 0 Å². The summed E-state index contributed by atoms with van der Waals surface area (Å²) >= 11 is 0. The van der Waals surface area contributed by atoms with Crippen molar-refractivity contribution in [3.8, 4) is 5.69 Å². The second-order valence-corrected chi connectivity index (χ2v) is 7.11. The lowest BCUT2D eigenvalue weighted by Crippen LogP contribution is -1.92. The maximum atomic E-state index is 6.26. The van der Waals surface area contributed by atoms with Crippen LogP contribution in [0.25, 0.3) is 49.4 Å². The molecular weight excluding hydrogens is 330 g/mol. The average molecular weight is 347 g/mol. The summed E-state index contributed by atoms with van der Waals surface area (Å²) in [5, 5.41) is 4.88. The van der Waals surface area contributed by atoms with Crippen molar-refractivity contribution < 1.29 is 4.42 Å². The molecule has 0 spiro atoms. The van der Waals surface area contributed by atoms with E-state index in [0.717, 1.165) is 16.9 Å². The van der Waals surface area contributed by atoms with E-state index in [0.29, 0.717) is 0 Å². The van der Waals surface area contributed by atoms with Crippen LogP contribution in [-0.4, -0.2) is 4.57 Å². The van der Waals surface area contributed by atoms with Crippen LogP contribution in [0.1, 0.15) is 5.56 Å². The summed E-state index contributed by atoms with van der Waals surface area (Å²) in [6.07, 6.45) is 0. The summed E-state index contributed by atoms with van der Waals surface area (Å²) in [6.45, 7) is 2.10. The number of aryl methyl sites for hydroxylation is 1. The third-order valence-electron chi connectivity index (χ3n) is 5.50. The highest BCUT2D eigenvalue weighted by Gasteiger charge is 2.16. The summed E-state index contributed by atoms with van der Waals surface area (Å²) in [5.74, 6) is 0. The van der Waals surface area contributed by atoms with E-state index in [2.05, 4.69) is 96.4 Å². The molecule has 0 unspecified atom stereocenters. The molecule has 128 valence electrons. The molecule has 0 aliphatic carbocycles. The predicted molar refractivity (Wildman–Crippen MR) is 113 cm³/mol. The predicted octanol–water partition coefficient (Wildman–Crippen LogP) is 6.99. The number of nitrogens with zero attached hydrogens (tertiary/aromatic N) is 1. The number of para-hydroxylation sites is 3. The summed E-state index contributed by atoms with van der Waals surface area (Å²) in [6, 6.07) is 30.0. The quantitative estimate of drug-likeness (QED) is 0.313. The zero-order valence-corrected chi connectivity index (χ0v) is 14.9. The molecule has 0 aliphatic heterocycles. The van der Waals surface area contributed by atoms with E-state index in [1.165, 1.54) is 38.1 Å². The third kappa shape index (κ3) is 1.95. The number of rotatable bonds is 1. The lowest BCUT2D eigenvalue weighted by atomic mass is 10.1. The van der Waals surface area contributed by atoms with Crippen molar-refractivity contribution in [3.05, 3.63) is 90.5 Å². The Morgan fingerprint density at radius 2 is 1.41 bits per heavy atom. The van der Waals surface area contributed by atoms with Crippen molar-refractivity contribution in [2.75, 3.05) is 0 Å². The van der Waals surface area contributed by atoms with Gasteiger partial charge in [0.15, 0.2) is 0 Å². The lowest BCUT2D eigenvalue weighted by Gasteiger charge is -2.07. The van der Waals surface area contributed by atoms with Gasteiger partial charge in [-0.25, -0.2) is 0 Å². The van der Waals surface area contributed by atoms with Crippen molar-refractivity contribution in [1.82, 2.24) is 4.57 Å². The second-order valence-electron chi connectivity index (χ2n) is 7.11. The Morgan fingerprint density at radius 1 is 0.630 bits per heavy atom. The van der Waals surface area contributed by atoms with Crippen LogP contribution >= 0.6 is 0 Å². The Labute approximate surface area is 156 Å². The molecule has 0 N–H and O–H groups in total. The zero-order valence-electron chi connectivity index (χ0n) is 14.9. The monoisotopic (exact) mass is 347 g/mol. The molecule has 0 radical (unpaired) electrons. The smallest absolute Gasteiger partial charge is 0.138 e. The Morgan fingerprint density at radius 3 is 2.30 bits per heavy atom. The summed E-state index contributed by atoms with van der Waals surface area (Å²) in [4.78, 5) is 0. The Balaban J connectivity index is 1.84. The molecule has 0 saturated carbocycles. The van der Waals surface area contributed by atoms with Gasteiger partial charge in [-0.05, 0) is 36.8 Å². The average Bonchev–Trinajstić information content (AvgIpc) is 3.23. The van der Waals surface area contributed by atoms with E-state index in [1.54, 1.807) is 0 Å². The Bertz CT molecular complexity index is 1470. The van der Waals surface area contributed by atoms with Crippen LogP contribution < -0.4 is 0 Å². The molecule has 2 heteroatoms. The number of aromatic nitrogens is 1. The van der Waals surface area contributed by atoms with Crippen LogP contribution in [0.15, 0.2) is 89.3 Å². The molecule has 0 saturated heterocycles. The highest BCUT2D eigenvalue weighted by atomic mass is 16.3. The van der Waals surface area contributed by atoms with Crippen molar-refractivity contribution in [3.63, 3.8) is 0 Å². The van der Waals surface area contributed by atoms with E-state index >= 15 is 0 Å². The third-order valence-corrected chi connectivity index (χ3v) is 5.50. The van der Waals surface area contributed by atoms with Gasteiger partial charge in [0.25, 0.3) is 0 Å². The molecule has 0 aliphatic rings. The number of benzene rings is 4.